The summed E-state index contributed by atoms with van der Waals surface area (Å²) in [4.78, 5) is 2.15. The van der Waals surface area contributed by atoms with Gasteiger partial charge in [0.2, 0.25) is 0 Å². The van der Waals surface area contributed by atoms with Crippen molar-refractivity contribution < 1.29 is 4.74 Å². The molecule has 0 radical (unpaired) electrons. The second-order valence-corrected chi connectivity index (χ2v) is 4.52. The molecule has 0 saturated carbocycles. The van der Waals surface area contributed by atoms with Gasteiger partial charge in [-0.25, -0.2) is 0 Å². The van der Waals surface area contributed by atoms with Crippen LogP contribution in [-0.2, 0) is 6.54 Å². The molecule has 2 nitrogen and oxygen atoms in total. The number of rotatable bonds is 5. The number of hydrogen-bond donors (Lipinski definition) is 0. The summed E-state index contributed by atoms with van der Waals surface area (Å²) in [6.07, 6.45) is 0. The molecule has 0 N–H and O–H groups in total. The van der Waals surface area contributed by atoms with Crippen molar-refractivity contribution in [1.29, 1.82) is 0 Å². The fourth-order valence-electron chi connectivity index (χ4n) is 1.96. The Balaban J connectivity index is 2.06. The Hall–Kier alpha value is -2.22. The van der Waals surface area contributed by atoms with Crippen LogP contribution >= 0.6 is 0 Å². The highest BCUT2D eigenvalue weighted by Crippen LogP contribution is 2.20. The number of hydrogen-bond acceptors (Lipinski definition) is 2. The summed E-state index contributed by atoms with van der Waals surface area (Å²) in [6, 6.07) is 18.4. The molecule has 0 aliphatic rings. The topological polar surface area (TPSA) is 12.5 Å². The zero-order valence-electron chi connectivity index (χ0n) is 11.5. The van der Waals surface area contributed by atoms with E-state index in [4.69, 9.17) is 4.74 Å². The molecule has 19 heavy (non-hydrogen) atoms. The zero-order valence-corrected chi connectivity index (χ0v) is 11.5. The molecule has 0 amide bonds. The Morgan fingerprint density at radius 1 is 1.05 bits per heavy atom. The lowest BCUT2D eigenvalue weighted by atomic mass is 10.1. The Labute approximate surface area is 114 Å². The highest BCUT2D eigenvalue weighted by atomic mass is 16.5. The first-order valence-corrected chi connectivity index (χ1v) is 6.29. The number of ether oxygens (including phenoxy) is 1. The van der Waals surface area contributed by atoms with Crippen LogP contribution < -0.4 is 4.74 Å². The molecule has 0 aliphatic heterocycles. The molecule has 0 atom stereocenters. The van der Waals surface area contributed by atoms with Crippen LogP contribution in [0.25, 0.3) is 5.70 Å². The number of methoxy groups -OCH3 is 1. The van der Waals surface area contributed by atoms with E-state index in [-0.39, 0.29) is 0 Å². The van der Waals surface area contributed by atoms with Crippen molar-refractivity contribution in [3.63, 3.8) is 0 Å². The first-order chi connectivity index (χ1) is 9.20. The monoisotopic (exact) mass is 253 g/mol. The molecule has 0 aromatic heterocycles. The fourth-order valence-corrected chi connectivity index (χ4v) is 1.96. The minimum absolute atomic E-state index is 0.853. The lowest BCUT2D eigenvalue weighted by Gasteiger charge is -2.22. The maximum atomic E-state index is 5.16. The third kappa shape index (κ3) is 3.38. The summed E-state index contributed by atoms with van der Waals surface area (Å²) >= 11 is 0. The Morgan fingerprint density at radius 3 is 2.26 bits per heavy atom. The van der Waals surface area contributed by atoms with Gasteiger partial charge in [-0.15, -0.1) is 0 Å². The third-order valence-electron chi connectivity index (χ3n) is 3.15. The average molecular weight is 253 g/mol. The van der Waals surface area contributed by atoms with E-state index < -0.39 is 0 Å². The molecule has 0 aliphatic carbocycles. The predicted molar refractivity (Wildman–Crippen MR) is 79.9 cm³/mol. The van der Waals surface area contributed by atoms with Crippen LogP contribution in [0.4, 0.5) is 0 Å². The second kappa shape index (κ2) is 6.10. The first-order valence-electron chi connectivity index (χ1n) is 6.29. The van der Waals surface area contributed by atoms with Crippen LogP contribution in [0.3, 0.4) is 0 Å². The van der Waals surface area contributed by atoms with Crippen LogP contribution in [0.5, 0.6) is 5.75 Å². The Bertz CT molecular complexity index is 531. The van der Waals surface area contributed by atoms with Gasteiger partial charge in [0.05, 0.1) is 7.11 Å². The number of nitrogens with zero attached hydrogens (tertiary/aromatic N) is 1. The molecule has 0 saturated heterocycles. The molecule has 2 aromatic carbocycles. The third-order valence-corrected chi connectivity index (χ3v) is 3.15. The van der Waals surface area contributed by atoms with E-state index in [0.29, 0.717) is 0 Å². The van der Waals surface area contributed by atoms with Gasteiger partial charge in [0.1, 0.15) is 5.75 Å². The van der Waals surface area contributed by atoms with Crippen LogP contribution in [0.15, 0.2) is 61.2 Å². The van der Waals surface area contributed by atoms with Crippen molar-refractivity contribution in [3.05, 3.63) is 72.3 Å². The van der Waals surface area contributed by atoms with Crippen molar-refractivity contribution in [2.24, 2.45) is 0 Å². The van der Waals surface area contributed by atoms with Crippen molar-refractivity contribution in [1.82, 2.24) is 4.90 Å². The van der Waals surface area contributed by atoms with E-state index in [9.17, 15) is 0 Å². The molecule has 2 rings (SSSR count). The van der Waals surface area contributed by atoms with E-state index in [1.165, 1.54) is 5.56 Å². The standard InChI is InChI=1S/C17H19NO/c1-14(16-9-11-17(19-3)12-10-16)18(2)13-15-7-5-4-6-8-15/h4-12H,1,13H2,2-3H3. The first kappa shape index (κ1) is 13.2. The van der Waals surface area contributed by atoms with Gasteiger partial charge in [-0.3, -0.25) is 0 Å². The van der Waals surface area contributed by atoms with Crippen LogP contribution in [0, 0.1) is 0 Å². The van der Waals surface area contributed by atoms with Crippen molar-refractivity contribution in [3.8, 4) is 5.75 Å². The maximum absolute atomic E-state index is 5.16. The lowest BCUT2D eigenvalue weighted by molar-refractivity contribution is 0.414. The summed E-state index contributed by atoms with van der Waals surface area (Å²) in [5.74, 6) is 0.863. The summed E-state index contributed by atoms with van der Waals surface area (Å²) in [7, 11) is 3.73. The molecular weight excluding hydrogens is 234 g/mol. The SMILES string of the molecule is C=C(c1ccc(OC)cc1)N(C)Cc1ccccc1. The van der Waals surface area contributed by atoms with Gasteiger partial charge in [-0.05, 0) is 35.4 Å². The van der Waals surface area contributed by atoms with Gasteiger partial charge in [-0.1, -0.05) is 36.9 Å². The van der Waals surface area contributed by atoms with Gasteiger partial charge in [0.25, 0.3) is 0 Å². The minimum atomic E-state index is 0.853. The summed E-state index contributed by atoms with van der Waals surface area (Å²) in [5, 5.41) is 0. The van der Waals surface area contributed by atoms with E-state index in [1.54, 1.807) is 7.11 Å². The van der Waals surface area contributed by atoms with Crippen LogP contribution in [0.2, 0.25) is 0 Å². The zero-order chi connectivity index (χ0) is 13.7. The normalized spacial score (nSPS) is 10.0. The predicted octanol–water partition coefficient (Wildman–Crippen LogP) is 3.80. The van der Waals surface area contributed by atoms with Gasteiger partial charge < -0.3 is 9.64 Å². The van der Waals surface area contributed by atoms with Crippen molar-refractivity contribution in [2.75, 3.05) is 14.2 Å². The smallest absolute Gasteiger partial charge is 0.118 e. The van der Waals surface area contributed by atoms with Gasteiger partial charge in [-0.2, -0.15) is 0 Å². The number of benzene rings is 2. The summed E-state index contributed by atoms with van der Waals surface area (Å²) < 4.78 is 5.16. The van der Waals surface area contributed by atoms with Gasteiger partial charge in [0.15, 0.2) is 0 Å². The second-order valence-electron chi connectivity index (χ2n) is 4.52. The lowest BCUT2D eigenvalue weighted by Crippen LogP contribution is -2.15. The van der Waals surface area contributed by atoms with Crippen LogP contribution in [-0.4, -0.2) is 19.1 Å². The van der Waals surface area contributed by atoms with Gasteiger partial charge >= 0.3 is 0 Å². The maximum Gasteiger partial charge on any atom is 0.118 e. The molecule has 0 heterocycles. The van der Waals surface area contributed by atoms with Gasteiger partial charge in [0, 0.05) is 19.3 Å². The quantitative estimate of drug-likeness (QED) is 0.803. The Kier molecular flexibility index (Phi) is 4.24. The van der Waals surface area contributed by atoms with E-state index in [1.807, 2.05) is 30.3 Å². The highest BCUT2D eigenvalue weighted by molar-refractivity contribution is 5.62. The summed E-state index contributed by atoms with van der Waals surface area (Å²) in [5.41, 5.74) is 3.39. The van der Waals surface area contributed by atoms with E-state index in [2.05, 4.69) is 42.8 Å². The molecule has 0 fully saturated rings. The molecule has 0 spiro atoms. The molecular formula is C17H19NO. The molecule has 0 unspecified atom stereocenters. The Morgan fingerprint density at radius 2 is 1.68 bits per heavy atom. The van der Waals surface area contributed by atoms with E-state index >= 15 is 0 Å². The largest absolute Gasteiger partial charge is 0.497 e. The van der Waals surface area contributed by atoms with Crippen molar-refractivity contribution >= 4 is 5.70 Å². The fraction of sp³-hybridized carbons (Fsp3) is 0.176. The molecule has 2 aromatic rings. The van der Waals surface area contributed by atoms with E-state index in [0.717, 1.165) is 23.6 Å². The summed E-state index contributed by atoms with van der Waals surface area (Å²) in [6.45, 7) is 5.01. The molecule has 0 bridgehead atoms. The van der Waals surface area contributed by atoms with Crippen LogP contribution in [0.1, 0.15) is 11.1 Å². The minimum Gasteiger partial charge on any atom is -0.497 e. The molecule has 98 valence electrons. The average Bonchev–Trinajstić information content (AvgIpc) is 2.47. The van der Waals surface area contributed by atoms with Crippen molar-refractivity contribution in [2.45, 2.75) is 6.54 Å². The highest BCUT2D eigenvalue weighted by Gasteiger charge is 2.05. The molecule has 2 heteroatoms.